The van der Waals surface area contributed by atoms with Gasteiger partial charge >= 0.3 is 0 Å². The van der Waals surface area contributed by atoms with Crippen molar-refractivity contribution in [1.82, 2.24) is 0 Å². The van der Waals surface area contributed by atoms with E-state index in [2.05, 4.69) is 32.9 Å². The Balaban J connectivity index is 1.67. The molecule has 0 aliphatic rings. The lowest BCUT2D eigenvalue weighted by atomic mass is 10.0. The first kappa shape index (κ1) is 53.9. The molecule has 0 heterocycles. The Kier molecular flexibility index (Phi) is 36.7. The van der Waals surface area contributed by atoms with Crippen LogP contribution in [0.1, 0.15) is 261 Å². The fourth-order valence-electron chi connectivity index (χ4n) is 8.09. The molecule has 0 unspecified atom stereocenters. The predicted octanol–water partition coefficient (Wildman–Crippen LogP) is 19.1. The van der Waals surface area contributed by atoms with Gasteiger partial charge in [-0.05, 0) is 73.1 Å². The molecule has 2 aromatic rings. The summed E-state index contributed by atoms with van der Waals surface area (Å²) in [4.78, 5) is 14.3. The van der Waals surface area contributed by atoms with Crippen LogP contribution in [0.25, 0.3) is 6.08 Å². The Morgan fingerprint density at radius 2 is 0.767 bits per heavy atom. The van der Waals surface area contributed by atoms with Gasteiger partial charge < -0.3 is 9.47 Å². The Labute approximate surface area is 376 Å². The van der Waals surface area contributed by atoms with Crippen molar-refractivity contribution in [3.63, 3.8) is 0 Å². The van der Waals surface area contributed by atoms with E-state index >= 15 is 0 Å². The lowest BCUT2D eigenvalue weighted by Crippen LogP contribution is -2.01. The van der Waals surface area contributed by atoms with Gasteiger partial charge in [0, 0.05) is 16.5 Å². The molecule has 0 N–H and O–H groups in total. The van der Waals surface area contributed by atoms with E-state index in [1.807, 2.05) is 48.2 Å². The van der Waals surface area contributed by atoms with Crippen LogP contribution < -0.4 is 9.47 Å². The van der Waals surface area contributed by atoms with Crippen LogP contribution in [0.2, 0.25) is 0 Å². The molecule has 342 valence electrons. The minimum Gasteiger partial charge on any atom is -0.493 e. The number of ether oxygens (including phenoxy) is 2. The Hall–Kier alpha value is -2.20. The van der Waals surface area contributed by atoms with Crippen LogP contribution in [0.4, 0.5) is 0 Å². The Morgan fingerprint density at radius 1 is 0.433 bits per heavy atom. The average Bonchev–Trinajstić information content (AvgIpc) is 3.26. The lowest BCUT2D eigenvalue weighted by Gasteiger charge is -2.12. The van der Waals surface area contributed by atoms with Gasteiger partial charge in [-0.15, -0.1) is 11.8 Å². The van der Waals surface area contributed by atoms with E-state index in [1.54, 1.807) is 6.08 Å². The van der Waals surface area contributed by atoms with Gasteiger partial charge in [-0.3, -0.25) is 4.79 Å². The highest BCUT2D eigenvalue weighted by Gasteiger charge is 2.06. The maximum atomic E-state index is 13.1. The first-order valence-corrected chi connectivity index (χ1v) is 27.0. The highest BCUT2D eigenvalue weighted by Crippen LogP contribution is 2.26. The van der Waals surface area contributed by atoms with E-state index in [4.69, 9.17) is 9.47 Å². The average molecular weight is 847 g/mol. The van der Waals surface area contributed by atoms with Crippen LogP contribution in [0.3, 0.4) is 0 Å². The van der Waals surface area contributed by atoms with Crippen LogP contribution in [-0.4, -0.2) is 24.7 Å². The van der Waals surface area contributed by atoms with E-state index in [0.29, 0.717) is 18.8 Å². The van der Waals surface area contributed by atoms with Gasteiger partial charge in [-0.2, -0.15) is 0 Å². The normalized spacial score (nSPS) is 11.5. The van der Waals surface area contributed by atoms with Gasteiger partial charge in [0.2, 0.25) is 0 Å². The van der Waals surface area contributed by atoms with Crippen molar-refractivity contribution in [2.75, 3.05) is 19.0 Å². The number of allylic oxidation sites excluding steroid dienone is 1. The van der Waals surface area contributed by atoms with Crippen molar-refractivity contribution in [3.8, 4) is 11.5 Å². The summed E-state index contributed by atoms with van der Waals surface area (Å²) in [5.74, 6) is 2.77. The predicted molar refractivity (Wildman–Crippen MR) is 267 cm³/mol. The highest BCUT2D eigenvalue weighted by molar-refractivity contribution is 7.99. The zero-order chi connectivity index (χ0) is 42.8. The number of carbonyl (C=O) groups is 1. The molecule has 0 saturated heterocycles. The number of hydrogen-bond donors (Lipinski definition) is 0. The number of thioether (sulfide) groups is 1. The topological polar surface area (TPSA) is 35.5 Å². The summed E-state index contributed by atoms with van der Waals surface area (Å²) in [5.41, 5.74) is 1.66. The van der Waals surface area contributed by atoms with Crippen molar-refractivity contribution in [3.05, 3.63) is 59.7 Å². The molecule has 0 spiro atoms. The summed E-state index contributed by atoms with van der Waals surface area (Å²) >= 11 is 1.84. The smallest absolute Gasteiger partial charge is 0.185 e. The second-order valence-electron chi connectivity index (χ2n) is 17.8. The largest absolute Gasteiger partial charge is 0.493 e. The van der Waals surface area contributed by atoms with Crippen molar-refractivity contribution >= 4 is 23.6 Å². The number of unbranched alkanes of at least 4 members (excludes halogenated alkanes) is 32. The zero-order valence-corrected chi connectivity index (χ0v) is 40.5. The number of hydrogen-bond acceptors (Lipinski definition) is 4. The lowest BCUT2D eigenvalue weighted by molar-refractivity contribution is 0.104. The van der Waals surface area contributed by atoms with Crippen molar-refractivity contribution in [1.29, 1.82) is 0 Å². The van der Waals surface area contributed by atoms with Crippen LogP contribution in [-0.2, 0) is 0 Å². The summed E-state index contributed by atoms with van der Waals surface area (Å²) in [6.45, 7) is 8.21. The second kappa shape index (κ2) is 40.8. The van der Waals surface area contributed by atoms with Gasteiger partial charge in [0.1, 0.15) is 11.5 Å². The standard InChI is InChI=1S/C56H94O3S/c1-4-7-9-11-13-15-17-19-21-23-25-27-29-31-33-35-37-45-58-53-48-51(39-44-56(57)52-40-42-55(43-41-52)60-47-6-3)49-54(50-53)59-46-38-36-34-32-30-28-26-24-22-20-18-16-14-12-10-8-5-2/h39-44,48-50H,4-38,45-47H2,1-3H3/b44-39+. The molecule has 0 saturated carbocycles. The van der Waals surface area contributed by atoms with Gasteiger partial charge in [-0.1, -0.05) is 232 Å². The van der Waals surface area contributed by atoms with E-state index in [-0.39, 0.29) is 5.78 Å². The molecule has 0 aliphatic carbocycles. The summed E-state index contributed by atoms with van der Waals surface area (Å²) in [6, 6.07) is 14.1. The summed E-state index contributed by atoms with van der Waals surface area (Å²) in [6.07, 6.45) is 51.4. The van der Waals surface area contributed by atoms with Gasteiger partial charge in [0.05, 0.1) is 13.2 Å². The highest BCUT2D eigenvalue weighted by atomic mass is 32.2. The number of ketones is 1. The molecule has 3 nitrogen and oxygen atoms in total. The van der Waals surface area contributed by atoms with Crippen molar-refractivity contribution < 1.29 is 14.3 Å². The molecule has 0 aromatic heterocycles. The van der Waals surface area contributed by atoms with Crippen molar-refractivity contribution in [2.24, 2.45) is 0 Å². The van der Waals surface area contributed by atoms with Gasteiger partial charge in [0.25, 0.3) is 0 Å². The minimum absolute atomic E-state index is 0.0165. The van der Waals surface area contributed by atoms with Crippen LogP contribution >= 0.6 is 11.8 Å². The summed E-state index contributed by atoms with van der Waals surface area (Å²) in [7, 11) is 0. The third kappa shape index (κ3) is 31.6. The molecule has 0 amide bonds. The van der Waals surface area contributed by atoms with Crippen LogP contribution in [0.5, 0.6) is 11.5 Å². The number of benzene rings is 2. The van der Waals surface area contributed by atoms with E-state index in [0.717, 1.165) is 42.1 Å². The quantitative estimate of drug-likeness (QED) is 0.0288. The maximum Gasteiger partial charge on any atom is 0.185 e. The monoisotopic (exact) mass is 847 g/mol. The minimum atomic E-state index is 0.0165. The molecule has 0 atom stereocenters. The fraction of sp³-hybridized carbons (Fsp3) is 0.732. The SMILES string of the molecule is CCCCCCCCCCCCCCCCCCCOc1cc(/C=C/C(=O)c2ccc(SCCC)cc2)cc(OCCCCCCCCCCCCCCCCCCC)c1. The Morgan fingerprint density at radius 3 is 1.10 bits per heavy atom. The number of rotatable bonds is 44. The first-order valence-electron chi connectivity index (χ1n) is 26.0. The molecule has 0 bridgehead atoms. The molecule has 2 aromatic carbocycles. The molecule has 0 radical (unpaired) electrons. The van der Waals surface area contributed by atoms with Gasteiger partial charge in [0.15, 0.2) is 5.78 Å². The first-order chi connectivity index (χ1) is 29.7. The summed E-state index contributed by atoms with van der Waals surface area (Å²) in [5, 5.41) is 0. The molecule has 0 fully saturated rings. The molecule has 60 heavy (non-hydrogen) atoms. The summed E-state index contributed by atoms with van der Waals surface area (Å²) < 4.78 is 12.6. The third-order valence-electron chi connectivity index (χ3n) is 12.0. The fourth-order valence-corrected chi connectivity index (χ4v) is 8.86. The zero-order valence-electron chi connectivity index (χ0n) is 39.7. The van der Waals surface area contributed by atoms with Crippen LogP contribution in [0, 0.1) is 0 Å². The van der Waals surface area contributed by atoms with Gasteiger partial charge in [-0.25, -0.2) is 0 Å². The van der Waals surface area contributed by atoms with E-state index in [1.165, 1.54) is 210 Å². The molecular weight excluding hydrogens is 753 g/mol. The van der Waals surface area contributed by atoms with Crippen LogP contribution in [0.15, 0.2) is 53.4 Å². The second-order valence-corrected chi connectivity index (χ2v) is 19.0. The molecule has 4 heteroatoms. The number of carbonyl (C=O) groups excluding carboxylic acids is 1. The Bertz CT molecular complexity index is 1210. The third-order valence-corrected chi connectivity index (χ3v) is 13.2. The van der Waals surface area contributed by atoms with Crippen molar-refractivity contribution in [2.45, 2.75) is 250 Å². The van der Waals surface area contributed by atoms with E-state index in [9.17, 15) is 4.79 Å². The molecule has 2 rings (SSSR count). The maximum absolute atomic E-state index is 13.1. The van der Waals surface area contributed by atoms with E-state index < -0.39 is 0 Å². The molecular formula is C56H94O3S. The molecule has 0 aliphatic heterocycles.